The predicted molar refractivity (Wildman–Crippen MR) is 73.1 cm³/mol. The Morgan fingerprint density at radius 3 is 2.90 bits per heavy atom. The normalized spacial score (nSPS) is 18.9. The molecule has 0 aromatic carbocycles. The number of rotatable bonds is 6. The second kappa shape index (κ2) is 6.88. The fraction of sp³-hybridized carbons (Fsp3) is 0.643. The number of hydrogen-bond donors (Lipinski definition) is 2. The first-order chi connectivity index (χ1) is 9.61. The average Bonchev–Trinajstić information content (AvgIpc) is 2.93. The average molecular weight is 282 g/mol. The number of piperidine rings is 1. The van der Waals surface area contributed by atoms with Crippen molar-refractivity contribution in [2.75, 3.05) is 33.4 Å². The fourth-order valence-corrected chi connectivity index (χ4v) is 2.40. The number of likely N-dealkylation sites (tertiary alicyclic amines) is 1. The molecule has 6 heteroatoms. The zero-order valence-electron chi connectivity index (χ0n) is 11.8. The van der Waals surface area contributed by atoms with Crippen LogP contribution in [0.4, 0.5) is 0 Å². The van der Waals surface area contributed by atoms with Crippen molar-refractivity contribution in [3.05, 3.63) is 24.2 Å². The van der Waals surface area contributed by atoms with Crippen LogP contribution < -0.4 is 5.32 Å². The lowest BCUT2D eigenvalue weighted by Crippen LogP contribution is -2.49. The highest BCUT2D eigenvalue weighted by Gasteiger charge is 2.32. The van der Waals surface area contributed by atoms with Gasteiger partial charge in [0, 0.05) is 20.2 Å². The molecular weight excluding hydrogens is 260 g/mol. The monoisotopic (exact) mass is 282 g/mol. The minimum Gasteiger partial charge on any atom is -0.467 e. The van der Waals surface area contributed by atoms with E-state index in [1.54, 1.807) is 19.4 Å². The van der Waals surface area contributed by atoms with Gasteiger partial charge in [0.05, 0.1) is 31.6 Å². The summed E-state index contributed by atoms with van der Waals surface area (Å²) >= 11 is 0. The topological polar surface area (TPSA) is 74.9 Å². The minimum absolute atomic E-state index is 0.0291. The second-order valence-electron chi connectivity index (χ2n) is 5.29. The Bertz CT molecular complexity index is 411. The largest absolute Gasteiger partial charge is 0.467 e. The van der Waals surface area contributed by atoms with Crippen molar-refractivity contribution in [1.29, 1.82) is 0 Å². The number of carbonyl (C=O) groups is 1. The van der Waals surface area contributed by atoms with E-state index >= 15 is 0 Å². The summed E-state index contributed by atoms with van der Waals surface area (Å²) in [6, 6.07) is 3.62. The smallest absolute Gasteiger partial charge is 0.234 e. The molecule has 0 bridgehead atoms. The van der Waals surface area contributed by atoms with Crippen LogP contribution in [0.15, 0.2) is 22.8 Å². The zero-order chi connectivity index (χ0) is 14.4. The van der Waals surface area contributed by atoms with Gasteiger partial charge in [0.1, 0.15) is 5.76 Å². The molecule has 2 heterocycles. The number of hydrogen-bond acceptors (Lipinski definition) is 5. The standard InChI is InChI=1S/C14H22N2O4/c1-19-11-14(18)4-6-16(7-5-14)10-13(17)15-9-12-3-2-8-20-12/h2-3,8,18H,4-7,9-11H2,1H3,(H,15,17). The molecule has 1 aromatic heterocycles. The minimum atomic E-state index is -0.740. The molecule has 1 amide bonds. The molecule has 1 aliphatic rings. The highest BCUT2D eigenvalue weighted by Crippen LogP contribution is 2.22. The Morgan fingerprint density at radius 2 is 2.30 bits per heavy atom. The first kappa shape index (κ1) is 15.0. The summed E-state index contributed by atoms with van der Waals surface area (Å²) in [5.41, 5.74) is -0.740. The predicted octanol–water partition coefficient (Wildman–Crippen LogP) is 0.369. The maximum absolute atomic E-state index is 11.8. The summed E-state index contributed by atoms with van der Waals surface area (Å²) < 4.78 is 10.2. The van der Waals surface area contributed by atoms with Gasteiger partial charge in [-0.15, -0.1) is 0 Å². The third kappa shape index (κ3) is 4.33. The van der Waals surface area contributed by atoms with Crippen molar-refractivity contribution in [2.24, 2.45) is 0 Å². The molecule has 0 spiro atoms. The number of nitrogens with zero attached hydrogens (tertiary/aromatic N) is 1. The molecule has 0 saturated carbocycles. The van der Waals surface area contributed by atoms with Gasteiger partial charge in [-0.3, -0.25) is 9.69 Å². The molecule has 0 radical (unpaired) electrons. The molecule has 1 aliphatic heterocycles. The lowest BCUT2D eigenvalue weighted by Gasteiger charge is -2.37. The molecule has 6 nitrogen and oxygen atoms in total. The summed E-state index contributed by atoms with van der Waals surface area (Å²) in [5, 5.41) is 13.0. The molecule has 112 valence electrons. The van der Waals surface area contributed by atoms with Crippen LogP contribution >= 0.6 is 0 Å². The summed E-state index contributed by atoms with van der Waals surface area (Å²) in [6.45, 7) is 2.52. The number of amides is 1. The van der Waals surface area contributed by atoms with E-state index in [1.807, 2.05) is 11.0 Å². The van der Waals surface area contributed by atoms with Gasteiger partial charge in [-0.05, 0) is 25.0 Å². The van der Waals surface area contributed by atoms with Crippen molar-refractivity contribution >= 4 is 5.91 Å². The van der Waals surface area contributed by atoms with Gasteiger partial charge < -0.3 is 19.6 Å². The first-order valence-corrected chi connectivity index (χ1v) is 6.84. The van der Waals surface area contributed by atoms with E-state index in [-0.39, 0.29) is 5.91 Å². The van der Waals surface area contributed by atoms with Crippen LogP contribution in [-0.2, 0) is 16.1 Å². The van der Waals surface area contributed by atoms with Crippen LogP contribution in [0.25, 0.3) is 0 Å². The van der Waals surface area contributed by atoms with Gasteiger partial charge in [0.2, 0.25) is 5.91 Å². The van der Waals surface area contributed by atoms with Crippen molar-refractivity contribution < 1.29 is 19.1 Å². The van der Waals surface area contributed by atoms with E-state index in [0.717, 1.165) is 5.76 Å². The van der Waals surface area contributed by atoms with Crippen molar-refractivity contribution in [2.45, 2.75) is 25.0 Å². The van der Waals surface area contributed by atoms with Gasteiger partial charge in [-0.25, -0.2) is 0 Å². The molecule has 1 aromatic rings. The van der Waals surface area contributed by atoms with Gasteiger partial charge in [-0.2, -0.15) is 0 Å². The maximum Gasteiger partial charge on any atom is 0.234 e. The van der Waals surface area contributed by atoms with Gasteiger partial charge >= 0.3 is 0 Å². The number of ether oxygens (including phenoxy) is 1. The first-order valence-electron chi connectivity index (χ1n) is 6.84. The highest BCUT2D eigenvalue weighted by atomic mass is 16.5. The van der Waals surface area contributed by atoms with Crippen molar-refractivity contribution in [3.63, 3.8) is 0 Å². The van der Waals surface area contributed by atoms with E-state index < -0.39 is 5.60 Å². The number of nitrogens with one attached hydrogen (secondary N) is 1. The molecule has 0 aliphatic carbocycles. The van der Waals surface area contributed by atoms with Crippen molar-refractivity contribution in [1.82, 2.24) is 10.2 Å². The third-order valence-electron chi connectivity index (χ3n) is 3.61. The Morgan fingerprint density at radius 1 is 1.55 bits per heavy atom. The lowest BCUT2D eigenvalue weighted by atomic mass is 9.92. The Balaban J connectivity index is 1.68. The summed E-state index contributed by atoms with van der Waals surface area (Å²) in [4.78, 5) is 13.9. The molecule has 1 fully saturated rings. The van der Waals surface area contributed by atoms with Crippen LogP contribution in [0.1, 0.15) is 18.6 Å². The van der Waals surface area contributed by atoms with E-state index in [9.17, 15) is 9.90 Å². The molecular formula is C14H22N2O4. The molecule has 2 N–H and O–H groups in total. The molecule has 2 rings (SSSR count). The van der Waals surface area contributed by atoms with Gasteiger partial charge in [0.25, 0.3) is 0 Å². The summed E-state index contributed by atoms with van der Waals surface area (Å²) in [6.07, 6.45) is 2.85. The lowest BCUT2D eigenvalue weighted by molar-refractivity contribution is -0.124. The van der Waals surface area contributed by atoms with Gasteiger partial charge in [-0.1, -0.05) is 0 Å². The molecule has 1 saturated heterocycles. The van der Waals surface area contributed by atoms with Crippen molar-refractivity contribution in [3.8, 4) is 0 Å². The van der Waals surface area contributed by atoms with Crippen LogP contribution in [0.5, 0.6) is 0 Å². The van der Waals surface area contributed by atoms with E-state index in [1.165, 1.54) is 0 Å². The zero-order valence-corrected chi connectivity index (χ0v) is 11.8. The van der Waals surface area contributed by atoms with Gasteiger partial charge in [0.15, 0.2) is 0 Å². The number of aliphatic hydroxyl groups is 1. The Labute approximate surface area is 118 Å². The van der Waals surface area contributed by atoms with E-state index in [0.29, 0.717) is 45.6 Å². The number of furan rings is 1. The van der Waals surface area contributed by atoms with E-state index in [2.05, 4.69) is 5.32 Å². The van der Waals surface area contributed by atoms with E-state index in [4.69, 9.17) is 9.15 Å². The van der Waals surface area contributed by atoms with Crippen LogP contribution in [0, 0.1) is 0 Å². The summed E-state index contributed by atoms with van der Waals surface area (Å²) in [7, 11) is 1.59. The number of carbonyl (C=O) groups excluding carboxylic acids is 1. The van der Waals surface area contributed by atoms with Crippen LogP contribution in [0.3, 0.4) is 0 Å². The second-order valence-corrected chi connectivity index (χ2v) is 5.29. The molecule has 0 unspecified atom stereocenters. The highest BCUT2D eigenvalue weighted by molar-refractivity contribution is 5.77. The SMILES string of the molecule is COCC1(O)CCN(CC(=O)NCc2ccco2)CC1. The Hall–Kier alpha value is -1.37. The van der Waals surface area contributed by atoms with Crippen LogP contribution in [0.2, 0.25) is 0 Å². The molecule has 20 heavy (non-hydrogen) atoms. The third-order valence-corrected chi connectivity index (χ3v) is 3.61. The summed E-state index contributed by atoms with van der Waals surface area (Å²) in [5.74, 6) is 0.713. The Kier molecular flexibility index (Phi) is 5.17. The quantitative estimate of drug-likeness (QED) is 0.788. The number of methoxy groups -OCH3 is 1. The molecule has 0 atom stereocenters. The van der Waals surface area contributed by atoms with Crippen LogP contribution in [-0.4, -0.2) is 54.9 Å². The fourth-order valence-electron chi connectivity index (χ4n) is 2.40. The maximum atomic E-state index is 11.8.